The number of hydrogen-bond acceptors (Lipinski definition) is 5. The molecule has 21 heavy (non-hydrogen) atoms. The molecule has 0 amide bonds. The number of rotatable bonds is 4. The van der Waals surface area contributed by atoms with Crippen LogP contribution in [0.25, 0.3) is 0 Å². The molecule has 0 radical (unpaired) electrons. The molecule has 0 bridgehead atoms. The normalized spacial score (nSPS) is 10.6. The van der Waals surface area contributed by atoms with Crippen molar-refractivity contribution in [3.8, 4) is 11.5 Å². The maximum Gasteiger partial charge on any atom is 0.345 e. The molecular formula is C15H12ClNO4. The lowest BCUT2D eigenvalue weighted by molar-refractivity contribution is 0.0730. The van der Waals surface area contributed by atoms with E-state index in [-0.39, 0.29) is 11.3 Å². The molecule has 5 nitrogen and oxygen atoms in total. The molecule has 0 saturated heterocycles. The van der Waals surface area contributed by atoms with Crippen LogP contribution in [-0.2, 0) is 0 Å². The third kappa shape index (κ3) is 3.52. The van der Waals surface area contributed by atoms with E-state index in [4.69, 9.17) is 26.3 Å². The van der Waals surface area contributed by atoms with E-state index in [1.54, 1.807) is 42.5 Å². The van der Waals surface area contributed by atoms with E-state index >= 15 is 0 Å². The number of hydrogen-bond donors (Lipinski definition) is 1. The summed E-state index contributed by atoms with van der Waals surface area (Å²) < 4.78 is 10.4. The van der Waals surface area contributed by atoms with Crippen LogP contribution in [0.1, 0.15) is 15.9 Å². The van der Waals surface area contributed by atoms with Gasteiger partial charge in [-0.1, -0.05) is 28.9 Å². The highest BCUT2D eigenvalue weighted by molar-refractivity contribution is 6.33. The molecule has 0 spiro atoms. The lowest BCUT2D eigenvalue weighted by Crippen LogP contribution is -2.10. The highest BCUT2D eigenvalue weighted by Gasteiger charge is 2.15. The van der Waals surface area contributed by atoms with Crippen molar-refractivity contribution in [2.75, 3.05) is 7.11 Å². The van der Waals surface area contributed by atoms with Crippen molar-refractivity contribution < 1.29 is 19.5 Å². The average molecular weight is 306 g/mol. The van der Waals surface area contributed by atoms with Crippen molar-refractivity contribution in [3.05, 3.63) is 58.6 Å². The summed E-state index contributed by atoms with van der Waals surface area (Å²) in [4.78, 5) is 12.1. The second-order valence-electron chi connectivity index (χ2n) is 4.02. The Morgan fingerprint density at radius 2 is 2.00 bits per heavy atom. The van der Waals surface area contributed by atoms with Crippen LogP contribution in [0.3, 0.4) is 0 Å². The number of ether oxygens (including phenoxy) is 2. The third-order valence-electron chi connectivity index (χ3n) is 2.69. The summed E-state index contributed by atoms with van der Waals surface area (Å²) in [5.41, 5.74) is 0.870. The van der Waals surface area contributed by atoms with Crippen LogP contribution in [0.15, 0.2) is 47.6 Å². The zero-order valence-corrected chi connectivity index (χ0v) is 11.9. The quantitative estimate of drug-likeness (QED) is 0.309. The topological polar surface area (TPSA) is 68.1 Å². The van der Waals surface area contributed by atoms with Crippen molar-refractivity contribution in [1.29, 1.82) is 0 Å². The summed E-state index contributed by atoms with van der Waals surface area (Å²) in [6.45, 7) is 0. The Labute approximate surface area is 126 Å². The molecule has 0 heterocycles. The first kappa shape index (κ1) is 14.9. The first-order chi connectivity index (χ1) is 10.2. The summed E-state index contributed by atoms with van der Waals surface area (Å²) in [6, 6.07) is 11.3. The summed E-state index contributed by atoms with van der Waals surface area (Å²) in [5, 5.41) is 11.7. The standard InChI is InChI=1S/C15H12ClNO4/c1-20-14-8-10(9-17-19)6-7-13(14)21-15(18)11-4-2-3-5-12(11)16/h2-9,19H,1H3/b17-9+. The van der Waals surface area contributed by atoms with Crippen molar-refractivity contribution in [2.45, 2.75) is 0 Å². The monoisotopic (exact) mass is 305 g/mol. The van der Waals surface area contributed by atoms with E-state index in [1.807, 2.05) is 0 Å². The van der Waals surface area contributed by atoms with Gasteiger partial charge in [-0.2, -0.15) is 0 Å². The molecule has 1 N–H and O–H groups in total. The molecule has 2 aromatic rings. The lowest BCUT2D eigenvalue weighted by Gasteiger charge is -2.10. The van der Waals surface area contributed by atoms with Crippen molar-refractivity contribution >= 4 is 23.8 Å². The molecule has 2 aromatic carbocycles. The Bertz CT molecular complexity index is 685. The van der Waals surface area contributed by atoms with Gasteiger partial charge >= 0.3 is 5.97 Å². The number of carbonyl (C=O) groups excluding carboxylic acids is 1. The zero-order valence-electron chi connectivity index (χ0n) is 11.1. The van der Waals surface area contributed by atoms with Crippen molar-refractivity contribution in [2.24, 2.45) is 5.16 Å². The minimum atomic E-state index is -0.581. The van der Waals surface area contributed by atoms with Gasteiger partial charge in [0.25, 0.3) is 0 Å². The van der Waals surface area contributed by atoms with E-state index < -0.39 is 5.97 Å². The molecule has 0 aliphatic rings. The Morgan fingerprint density at radius 3 is 2.67 bits per heavy atom. The average Bonchev–Trinajstić information content (AvgIpc) is 2.49. The van der Waals surface area contributed by atoms with Gasteiger partial charge in [-0.05, 0) is 30.3 Å². The van der Waals surface area contributed by atoms with E-state index in [0.717, 1.165) is 0 Å². The molecule has 0 aliphatic carbocycles. The van der Waals surface area contributed by atoms with E-state index in [1.165, 1.54) is 13.3 Å². The highest BCUT2D eigenvalue weighted by atomic mass is 35.5. The number of oxime groups is 1. The fourth-order valence-corrected chi connectivity index (χ4v) is 1.91. The zero-order chi connectivity index (χ0) is 15.2. The van der Waals surface area contributed by atoms with Crippen LogP contribution < -0.4 is 9.47 Å². The molecule has 0 fully saturated rings. The second kappa shape index (κ2) is 6.76. The van der Waals surface area contributed by atoms with Crippen LogP contribution in [0, 0.1) is 0 Å². The number of carbonyl (C=O) groups is 1. The van der Waals surface area contributed by atoms with Crippen LogP contribution in [-0.4, -0.2) is 24.5 Å². The predicted molar refractivity (Wildman–Crippen MR) is 78.8 cm³/mol. The minimum absolute atomic E-state index is 0.248. The summed E-state index contributed by atoms with van der Waals surface area (Å²) >= 11 is 5.95. The molecule has 108 valence electrons. The van der Waals surface area contributed by atoms with Crippen LogP contribution >= 0.6 is 11.6 Å². The molecule has 0 unspecified atom stereocenters. The minimum Gasteiger partial charge on any atom is -0.493 e. The van der Waals surface area contributed by atoms with Crippen LogP contribution in [0.2, 0.25) is 5.02 Å². The SMILES string of the molecule is COc1cc(/C=N/O)ccc1OC(=O)c1ccccc1Cl. The van der Waals surface area contributed by atoms with E-state index in [9.17, 15) is 4.79 Å². The first-order valence-corrected chi connectivity index (χ1v) is 6.35. The highest BCUT2D eigenvalue weighted by Crippen LogP contribution is 2.29. The molecule has 2 rings (SSSR count). The lowest BCUT2D eigenvalue weighted by atomic mass is 10.2. The Kier molecular flexibility index (Phi) is 4.79. The Balaban J connectivity index is 2.27. The number of methoxy groups -OCH3 is 1. The van der Waals surface area contributed by atoms with E-state index in [2.05, 4.69) is 5.16 Å². The number of halogens is 1. The van der Waals surface area contributed by atoms with Gasteiger partial charge in [-0.25, -0.2) is 4.79 Å². The van der Waals surface area contributed by atoms with Gasteiger partial charge in [-0.15, -0.1) is 0 Å². The maximum absolute atomic E-state index is 12.1. The maximum atomic E-state index is 12.1. The van der Waals surface area contributed by atoms with Crippen molar-refractivity contribution in [1.82, 2.24) is 0 Å². The van der Waals surface area contributed by atoms with Gasteiger partial charge in [0.2, 0.25) is 0 Å². The Hall–Kier alpha value is -2.53. The molecule has 0 saturated carbocycles. The van der Waals surface area contributed by atoms with Crippen molar-refractivity contribution in [3.63, 3.8) is 0 Å². The van der Waals surface area contributed by atoms with Crippen LogP contribution in [0.5, 0.6) is 11.5 Å². The largest absolute Gasteiger partial charge is 0.493 e. The Morgan fingerprint density at radius 1 is 1.24 bits per heavy atom. The smallest absolute Gasteiger partial charge is 0.345 e. The summed E-state index contributed by atoms with van der Waals surface area (Å²) in [6.07, 6.45) is 1.24. The fraction of sp³-hybridized carbons (Fsp3) is 0.0667. The van der Waals surface area contributed by atoms with Gasteiger partial charge in [0, 0.05) is 5.56 Å². The van der Waals surface area contributed by atoms with Gasteiger partial charge in [0.05, 0.1) is 23.9 Å². The predicted octanol–water partition coefficient (Wildman–Crippen LogP) is 3.38. The van der Waals surface area contributed by atoms with Crippen LogP contribution in [0.4, 0.5) is 0 Å². The van der Waals surface area contributed by atoms with Gasteiger partial charge in [0.15, 0.2) is 11.5 Å². The molecule has 0 aliphatic heterocycles. The molecule has 6 heteroatoms. The first-order valence-electron chi connectivity index (χ1n) is 5.98. The summed E-state index contributed by atoms with van der Waals surface area (Å²) in [5.74, 6) is 0.00721. The summed E-state index contributed by atoms with van der Waals surface area (Å²) in [7, 11) is 1.45. The molecule has 0 atom stereocenters. The number of benzene rings is 2. The fourth-order valence-electron chi connectivity index (χ4n) is 1.70. The third-order valence-corrected chi connectivity index (χ3v) is 3.02. The number of esters is 1. The molecule has 0 aromatic heterocycles. The molecular weight excluding hydrogens is 294 g/mol. The van der Waals surface area contributed by atoms with Gasteiger partial charge in [-0.3, -0.25) is 0 Å². The van der Waals surface area contributed by atoms with Gasteiger partial charge < -0.3 is 14.7 Å². The second-order valence-corrected chi connectivity index (χ2v) is 4.43. The number of nitrogens with zero attached hydrogens (tertiary/aromatic N) is 1. The van der Waals surface area contributed by atoms with E-state index in [0.29, 0.717) is 16.3 Å². The van der Waals surface area contributed by atoms with Gasteiger partial charge in [0.1, 0.15) is 0 Å².